The van der Waals surface area contributed by atoms with Crippen LogP contribution in [0.4, 0.5) is 0 Å². The van der Waals surface area contributed by atoms with Crippen molar-refractivity contribution in [3.05, 3.63) is 47.7 Å². The molecule has 0 saturated carbocycles. The average molecular weight is 214 g/mol. The number of hydrogen-bond donors (Lipinski definition) is 0. The molecule has 2 aromatic rings. The van der Waals surface area contributed by atoms with Gasteiger partial charge in [-0.05, 0) is 25.1 Å². The summed E-state index contributed by atoms with van der Waals surface area (Å²) in [5, 5.41) is 0. The van der Waals surface area contributed by atoms with E-state index in [-0.39, 0.29) is 5.41 Å². The van der Waals surface area contributed by atoms with Crippen molar-refractivity contribution in [1.82, 2.24) is 0 Å². The molecule has 0 N–H and O–H groups in total. The number of benzene rings is 1. The van der Waals surface area contributed by atoms with Gasteiger partial charge in [0, 0.05) is 11.0 Å². The van der Waals surface area contributed by atoms with E-state index in [0.717, 1.165) is 17.1 Å². The van der Waals surface area contributed by atoms with Crippen LogP contribution in [0.2, 0.25) is 0 Å². The Morgan fingerprint density at radius 2 is 1.75 bits per heavy atom. The molecule has 0 radical (unpaired) electrons. The highest BCUT2D eigenvalue weighted by Gasteiger charge is 2.18. The minimum Gasteiger partial charge on any atom is -0.461 e. The van der Waals surface area contributed by atoms with Crippen LogP contribution in [0.15, 0.2) is 40.8 Å². The highest BCUT2D eigenvalue weighted by molar-refractivity contribution is 5.58. The number of furan rings is 1. The predicted octanol–water partition coefficient (Wildman–Crippen LogP) is 4.55. The molecule has 0 unspecified atom stereocenters. The molecule has 1 nitrogen and oxygen atoms in total. The van der Waals surface area contributed by atoms with Crippen LogP contribution in [0.3, 0.4) is 0 Å². The summed E-state index contributed by atoms with van der Waals surface area (Å²) >= 11 is 0. The van der Waals surface area contributed by atoms with Crippen molar-refractivity contribution in [2.24, 2.45) is 0 Å². The van der Waals surface area contributed by atoms with Gasteiger partial charge in [0.05, 0.1) is 0 Å². The first kappa shape index (κ1) is 11.0. The molecule has 0 spiro atoms. The second-order valence-corrected chi connectivity index (χ2v) is 5.28. The summed E-state index contributed by atoms with van der Waals surface area (Å²) in [5.74, 6) is 1.98. The van der Waals surface area contributed by atoms with Gasteiger partial charge in [-0.25, -0.2) is 0 Å². The summed E-state index contributed by atoms with van der Waals surface area (Å²) in [6, 6.07) is 12.5. The Kier molecular flexibility index (Phi) is 2.63. The third-order valence-corrected chi connectivity index (χ3v) is 2.65. The Labute approximate surface area is 97.1 Å². The third kappa shape index (κ3) is 2.19. The fourth-order valence-corrected chi connectivity index (χ4v) is 1.69. The first-order valence-electron chi connectivity index (χ1n) is 5.64. The SMILES string of the molecule is Cc1cccc(-c2ccc(C(C)(C)C)o2)c1. The van der Waals surface area contributed by atoms with Crippen LogP contribution in [0, 0.1) is 6.92 Å². The molecule has 0 amide bonds. The number of hydrogen-bond acceptors (Lipinski definition) is 1. The van der Waals surface area contributed by atoms with E-state index in [2.05, 4.69) is 64.1 Å². The molecule has 0 aliphatic rings. The molecular formula is C15H18O. The van der Waals surface area contributed by atoms with Crippen molar-refractivity contribution >= 4 is 0 Å². The van der Waals surface area contributed by atoms with Crippen LogP contribution in [0.5, 0.6) is 0 Å². The van der Waals surface area contributed by atoms with Gasteiger partial charge >= 0.3 is 0 Å². The van der Waals surface area contributed by atoms with Crippen molar-refractivity contribution in [2.45, 2.75) is 33.1 Å². The minimum atomic E-state index is 0.0715. The van der Waals surface area contributed by atoms with Gasteiger partial charge in [-0.15, -0.1) is 0 Å². The smallest absolute Gasteiger partial charge is 0.134 e. The molecule has 1 aromatic heterocycles. The van der Waals surface area contributed by atoms with E-state index in [1.165, 1.54) is 5.56 Å². The van der Waals surface area contributed by atoms with E-state index >= 15 is 0 Å². The first-order valence-corrected chi connectivity index (χ1v) is 5.64. The Morgan fingerprint density at radius 3 is 2.31 bits per heavy atom. The molecule has 0 aliphatic carbocycles. The zero-order valence-electron chi connectivity index (χ0n) is 10.4. The highest BCUT2D eigenvalue weighted by Crippen LogP contribution is 2.29. The molecule has 1 heteroatoms. The Hall–Kier alpha value is -1.50. The fraction of sp³-hybridized carbons (Fsp3) is 0.333. The molecule has 1 heterocycles. The monoisotopic (exact) mass is 214 g/mol. The predicted molar refractivity (Wildman–Crippen MR) is 67.6 cm³/mol. The van der Waals surface area contributed by atoms with Gasteiger partial charge in [0.25, 0.3) is 0 Å². The van der Waals surface area contributed by atoms with Gasteiger partial charge in [0.1, 0.15) is 11.5 Å². The van der Waals surface area contributed by atoms with E-state index in [1.807, 2.05) is 0 Å². The summed E-state index contributed by atoms with van der Waals surface area (Å²) < 4.78 is 5.89. The van der Waals surface area contributed by atoms with E-state index < -0.39 is 0 Å². The molecule has 0 atom stereocenters. The normalized spacial score (nSPS) is 11.8. The van der Waals surface area contributed by atoms with E-state index in [9.17, 15) is 0 Å². The molecule has 0 aliphatic heterocycles. The lowest BCUT2D eigenvalue weighted by Crippen LogP contribution is -2.08. The van der Waals surface area contributed by atoms with Gasteiger partial charge in [0.2, 0.25) is 0 Å². The summed E-state index contributed by atoms with van der Waals surface area (Å²) in [5.41, 5.74) is 2.48. The second kappa shape index (κ2) is 3.82. The minimum absolute atomic E-state index is 0.0715. The van der Waals surface area contributed by atoms with Crippen LogP contribution in [-0.4, -0.2) is 0 Å². The Morgan fingerprint density at radius 1 is 1.00 bits per heavy atom. The lowest BCUT2D eigenvalue weighted by atomic mass is 9.94. The van der Waals surface area contributed by atoms with Crippen molar-refractivity contribution in [2.75, 3.05) is 0 Å². The lowest BCUT2D eigenvalue weighted by Gasteiger charge is -2.14. The van der Waals surface area contributed by atoms with Gasteiger partial charge in [0.15, 0.2) is 0 Å². The van der Waals surface area contributed by atoms with Gasteiger partial charge in [-0.3, -0.25) is 0 Å². The summed E-state index contributed by atoms with van der Waals surface area (Å²) in [6.07, 6.45) is 0. The molecular weight excluding hydrogens is 196 g/mol. The fourth-order valence-electron chi connectivity index (χ4n) is 1.69. The molecule has 2 rings (SSSR count). The maximum Gasteiger partial charge on any atom is 0.134 e. The van der Waals surface area contributed by atoms with Crippen LogP contribution in [0.25, 0.3) is 11.3 Å². The van der Waals surface area contributed by atoms with Crippen molar-refractivity contribution in [3.63, 3.8) is 0 Å². The van der Waals surface area contributed by atoms with Crippen LogP contribution in [0.1, 0.15) is 32.1 Å². The largest absolute Gasteiger partial charge is 0.461 e. The van der Waals surface area contributed by atoms with Gasteiger partial charge in [-0.2, -0.15) is 0 Å². The van der Waals surface area contributed by atoms with Gasteiger partial charge in [-0.1, -0.05) is 44.5 Å². The van der Waals surface area contributed by atoms with E-state index in [4.69, 9.17) is 4.42 Å². The van der Waals surface area contributed by atoms with Crippen molar-refractivity contribution in [3.8, 4) is 11.3 Å². The van der Waals surface area contributed by atoms with Crippen LogP contribution < -0.4 is 0 Å². The Bertz CT molecular complexity index is 486. The average Bonchev–Trinajstić information content (AvgIpc) is 2.65. The molecule has 1 aromatic carbocycles. The zero-order chi connectivity index (χ0) is 11.8. The van der Waals surface area contributed by atoms with Gasteiger partial charge < -0.3 is 4.42 Å². The van der Waals surface area contributed by atoms with Crippen molar-refractivity contribution in [1.29, 1.82) is 0 Å². The van der Waals surface area contributed by atoms with Crippen molar-refractivity contribution < 1.29 is 4.42 Å². The third-order valence-electron chi connectivity index (χ3n) is 2.65. The zero-order valence-corrected chi connectivity index (χ0v) is 10.4. The standard InChI is InChI=1S/C15H18O/c1-11-6-5-7-12(10-11)13-8-9-14(16-13)15(2,3)4/h5-10H,1-4H3. The lowest BCUT2D eigenvalue weighted by molar-refractivity contribution is 0.417. The quantitative estimate of drug-likeness (QED) is 0.678. The topological polar surface area (TPSA) is 13.1 Å². The molecule has 0 saturated heterocycles. The summed E-state index contributed by atoms with van der Waals surface area (Å²) in [7, 11) is 0. The number of rotatable bonds is 1. The van der Waals surface area contributed by atoms with E-state index in [0.29, 0.717) is 0 Å². The summed E-state index contributed by atoms with van der Waals surface area (Å²) in [4.78, 5) is 0. The molecule has 16 heavy (non-hydrogen) atoms. The van der Waals surface area contributed by atoms with E-state index in [1.54, 1.807) is 0 Å². The Balaban J connectivity index is 2.39. The maximum absolute atomic E-state index is 5.89. The highest BCUT2D eigenvalue weighted by atomic mass is 16.3. The van der Waals surface area contributed by atoms with Crippen LogP contribution >= 0.6 is 0 Å². The number of aryl methyl sites for hydroxylation is 1. The molecule has 0 fully saturated rings. The molecule has 0 bridgehead atoms. The maximum atomic E-state index is 5.89. The summed E-state index contributed by atoms with van der Waals surface area (Å²) in [6.45, 7) is 8.57. The van der Waals surface area contributed by atoms with Crippen LogP contribution in [-0.2, 0) is 5.41 Å². The first-order chi connectivity index (χ1) is 7.47. The second-order valence-electron chi connectivity index (χ2n) is 5.28. The molecule has 84 valence electrons.